The minimum atomic E-state index is -0.511. The zero-order valence-corrected chi connectivity index (χ0v) is 20.0. The summed E-state index contributed by atoms with van der Waals surface area (Å²) in [6.07, 6.45) is 1.43. The van der Waals surface area contributed by atoms with E-state index in [-0.39, 0.29) is 12.1 Å². The number of hydrogen-bond donors (Lipinski definition) is 2. The molecular formula is C22H40N6O3. The first-order valence-corrected chi connectivity index (χ1v) is 11.4. The van der Waals surface area contributed by atoms with Crippen LogP contribution >= 0.6 is 0 Å². The lowest BCUT2D eigenvalue weighted by Crippen LogP contribution is -2.52. The number of alkyl carbamates (subject to hydrolysis) is 1. The van der Waals surface area contributed by atoms with Gasteiger partial charge in [0, 0.05) is 45.3 Å². The lowest BCUT2D eigenvalue weighted by atomic mass is 10.1. The molecule has 1 aliphatic rings. The molecule has 1 aliphatic heterocycles. The summed E-state index contributed by atoms with van der Waals surface area (Å²) in [6.45, 7) is 17.5. The van der Waals surface area contributed by atoms with Gasteiger partial charge in [-0.2, -0.15) is 0 Å². The lowest BCUT2D eigenvalue weighted by Gasteiger charge is -2.36. The molecule has 31 heavy (non-hydrogen) atoms. The molecule has 1 fully saturated rings. The van der Waals surface area contributed by atoms with E-state index >= 15 is 0 Å². The zero-order chi connectivity index (χ0) is 22.9. The van der Waals surface area contributed by atoms with Crippen molar-refractivity contribution in [1.29, 1.82) is 0 Å². The van der Waals surface area contributed by atoms with Crippen molar-refractivity contribution in [3.8, 4) is 0 Å². The Kier molecular flexibility index (Phi) is 9.61. The molecule has 0 aliphatic carbocycles. The molecule has 0 radical (unpaired) electrons. The Hall–Kier alpha value is -2.29. The molecule has 2 N–H and O–H groups in total. The predicted molar refractivity (Wildman–Crippen MR) is 122 cm³/mol. The average molecular weight is 437 g/mol. The van der Waals surface area contributed by atoms with E-state index in [4.69, 9.17) is 14.3 Å². The van der Waals surface area contributed by atoms with Crippen molar-refractivity contribution in [3.63, 3.8) is 0 Å². The van der Waals surface area contributed by atoms with Crippen LogP contribution in [0.5, 0.6) is 0 Å². The second kappa shape index (κ2) is 11.9. The van der Waals surface area contributed by atoms with E-state index in [1.165, 1.54) is 0 Å². The van der Waals surface area contributed by atoms with Crippen LogP contribution in [-0.4, -0.2) is 77.9 Å². The standard InChI is InChI=1S/C22H40N6O3/c1-7-9-18(25-21(29)30-22(4,5)6)15-24-20(23-8-2)28-12-10-27(11-13-28)16-19-14-17(3)31-26-19/h14,18H,7-13,15-16H2,1-6H3,(H,23,24)(H,25,29). The number of aromatic nitrogens is 1. The Balaban J connectivity index is 1.91. The summed E-state index contributed by atoms with van der Waals surface area (Å²) in [4.78, 5) is 21.7. The van der Waals surface area contributed by atoms with Crippen molar-refractivity contribution in [3.05, 3.63) is 17.5 Å². The van der Waals surface area contributed by atoms with E-state index in [2.05, 4.69) is 39.4 Å². The first kappa shape index (κ1) is 25.0. The van der Waals surface area contributed by atoms with Crippen LogP contribution in [0.3, 0.4) is 0 Å². The highest BCUT2D eigenvalue weighted by Crippen LogP contribution is 2.10. The molecule has 1 aromatic heterocycles. The second-order valence-electron chi connectivity index (χ2n) is 9.02. The number of aryl methyl sites for hydroxylation is 1. The van der Waals surface area contributed by atoms with E-state index in [0.717, 1.165) is 69.5 Å². The van der Waals surface area contributed by atoms with Crippen LogP contribution in [0.1, 0.15) is 58.9 Å². The molecule has 1 amide bonds. The maximum atomic E-state index is 12.2. The minimum Gasteiger partial charge on any atom is -0.444 e. The van der Waals surface area contributed by atoms with Gasteiger partial charge in [-0.1, -0.05) is 18.5 Å². The summed E-state index contributed by atoms with van der Waals surface area (Å²) in [5, 5.41) is 10.5. The Morgan fingerprint density at radius 1 is 1.29 bits per heavy atom. The Labute approximate surface area is 186 Å². The molecule has 9 heteroatoms. The van der Waals surface area contributed by atoms with Gasteiger partial charge in [0.05, 0.1) is 18.3 Å². The third kappa shape index (κ3) is 9.16. The van der Waals surface area contributed by atoms with Crippen molar-refractivity contribution in [2.75, 3.05) is 39.3 Å². The topological polar surface area (TPSA) is 95.2 Å². The molecular weight excluding hydrogens is 396 g/mol. The number of hydrogen-bond acceptors (Lipinski definition) is 6. The first-order chi connectivity index (χ1) is 14.7. The normalized spacial score (nSPS) is 16.8. The summed E-state index contributed by atoms with van der Waals surface area (Å²) >= 11 is 0. The smallest absolute Gasteiger partial charge is 0.407 e. The van der Waals surface area contributed by atoms with Gasteiger partial charge in [-0.15, -0.1) is 0 Å². The molecule has 1 unspecified atom stereocenters. The van der Waals surface area contributed by atoms with E-state index in [1.807, 2.05) is 33.8 Å². The van der Waals surface area contributed by atoms with Gasteiger partial charge in [-0.3, -0.25) is 9.89 Å². The third-order valence-corrected chi connectivity index (χ3v) is 4.89. The number of carbonyl (C=O) groups excluding carboxylic acids is 1. The number of nitrogens with zero attached hydrogens (tertiary/aromatic N) is 4. The molecule has 0 aromatic carbocycles. The summed E-state index contributed by atoms with van der Waals surface area (Å²) in [5.41, 5.74) is 0.464. The molecule has 0 bridgehead atoms. The van der Waals surface area contributed by atoms with Crippen LogP contribution in [0.25, 0.3) is 0 Å². The predicted octanol–water partition coefficient (Wildman–Crippen LogP) is 2.76. The summed E-state index contributed by atoms with van der Waals surface area (Å²) in [7, 11) is 0. The highest BCUT2D eigenvalue weighted by Gasteiger charge is 2.22. The number of ether oxygens (including phenoxy) is 1. The Morgan fingerprint density at radius 3 is 2.55 bits per heavy atom. The fraction of sp³-hybridized carbons (Fsp3) is 0.773. The highest BCUT2D eigenvalue weighted by molar-refractivity contribution is 5.80. The molecule has 9 nitrogen and oxygen atoms in total. The van der Waals surface area contributed by atoms with E-state index in [1.54, 1.807) is 0 Å². The van der Waals surface area contributed by atoms with Gasteiger partial charge >= 0.3 is 6.09 Å². The largest absolute Gasteiger partial charge is 0.444 e. The second-order valence-corrected chi connectivity index (χ2v) is 9.02. The molecule has 176 valence electrons. The van der Waals surface area contributed by atoms with Gasteiger partial charge in [0.15, 0.2) is 5.96 Å². The number of piperazine rings is 1. The quantitative estimate of drug-likeness (QED) is 0.478. The summed E-state index contributed by atoms with van der Waals surface area (Å²) in [6, 6.07) is 1.94. The van der Waals surface area contributed by atoms with Gasteiger partial charge in [0.2, 0.25) is 0 Å². The molecule has 1 aromatic rings. The third-order valence-electron chi connectivity index (χ3n) is 4.89. The maximum absolute atomic E-state index is 12.2. The van der Waals surface area contributed by atoms with Crippen LogP contribution in [0, 0.1) is 6.92 Å². The zero-order valence-electron chi connectivity index (χ0n) is 20.0. The number of carbonyl (C=O) groups is 1. The lowest BCUT2D eigenvalue weighted by molar-refractivity contribution is 0.0503. The molecule has 2 rings (SSSR count). The van der Waals surface area contributed by atoms with Crippen molar-refractivity contribution in [2.45, 2.75) is 72.6 Å². The monoisotopic (exact) mass is 436 g/mol. The highest BCUT2D eigenvalue weighted by atomic mass is 16.6. The SMILES string of the molecule is CCCC(CN=C(NCC)N1CCN(Cc2cc(C)on2)CC1)NC(=O)OC(C)(C)C. The Bertz CT molecular complexity index is 704. The van der Waals surface area contributed by atoms with Crippen LogP contribution in [0.2, 0.25) is 0 Å². The number of guanidine groups is 1. The van der Waals surface area contributed by atoms with Gasteiger partial charge in [-0.05, 0) is 41.0 Å². The van der Waals surface area contributed by atoms with E-state index < -0.39 is 5.60 Å². The van der Waals surface area contributed by atoms with Gasteiger partial charge in [0.25, 0.3) is 0 Å². The van der Waals surface area contributed by atoms with Crippen LogP contribution in [0.4, 0.5) is 4.79 Å². The fourth-order valence-electron chi connectivity index (χ4n) is 3.49. The number of aliphatic imine (C=N–C) groups is 1. The van der Waals surface area contributed by atoms with Crippen molar-refractivity contribution < 1.29 is 14.1 Å². The molecule has 0 spiro atoms. The number of nitrogens with one attached hydrogen (secondary N) is 2. The van der Waals surface area contributed by atoms with Gasteiger partial charge < -0.3 is 24.8 Å². The first-order valence-electron chi connectivity index (χ1n) is 11.4. The van der Waals surface area contributed by atoms with E-state index in [0.29, 0.717) is 6.54 Å². The van der Waals surface area contributed by atoms with Crippen molar-refractivity contribution >= 4 is 12.1 Å². The van der Waals surface area contributed by atoms with E-state index in [9.17, 15) is 4.79 Å². The summed E-state index contributed by atoms with van der Waals surface area (Å²) in [5.74, 6) is 1.74. The fourth-order valence-corrected chi connectivity index (χ4v) is 3.49. The Morgan fingerprint density at radius 2 is 2.00 bits per heavy atom. The van der Waals surface area contributed by atoms with Gasteiger partial charge in [0.1, 0.15) is 11.4 Å². The van der Waals surface area contributed by atoms with Crippen LogP contribution in [-0.2, 0) is 11.3 Å². The van der Waals surface area contributed by atoms with Crippen molar-refractivity contribution in [2.24, 2.45) is 4.99 Å². The van der Waals surface area contributed by atoms with Crippen LogP contribution < -0.4 is 10.6 Å². The maximum Gasteiger partial charge on any atom is 0.407 e. The average Bonchev–Trinajstić information content (AvgIpc) is 3.09. The van der Waals surface area contributed by atoms with Crippen molar-refractivity contribution in [1.82, 2.24) is 25.6 Å². The van der Waals surface area contributed by atoms with Gasteiger partial charge in [-0.25, -0.2) is 4.79 Å². The summed E-state index contributed by atoms with van der Waals surface area (Å²) < 4.78 is 10.6. The number of rotatable bonds is 8. The molecule has 2 heterocycles. The van der Waals surface area contributed by atoms with Crippen LogP contribution in [0.15, 0.2) is 15.6 Å². The molecule has 1 atom stereocenters. The molecule has 1 saturated heterocycles. The molecule has 0 saturated carbocycles. The number of amides is 1. The minimum absolute atomic E-state index is 0.0507.